The van der Waals surface area contributed by atoms with Crippen LogP contribution in [0.25, 0.3) is 0 Å². The van der Waals surface area contributed by atoms with Crippen molar-refractivity contribution in [2.45, 2.75) is 24.5 Å². The zero-order chi connectivity index (χ0) is 10.5. The summed E-state index contributed by atoms with van der Waals surface area (Å²) in [6.45, 7) is 1.93. The zero-order valence-electron chi connectivity index (χ0n) is 7.56. The third kappa shape index (κ3) is 6.17. The largest absolute Gasteiger partial charge is 0.415 e. The number of nitrogens with one attached hydrogen (secondary N) is 1. The minimum atomic E-state index is -4.52. The highest BCUT2D eigenvalue weighted by atomic mass is 32.2. The third-order valence-corrected chi connectivity index (χ3v) is 2.52. The van der Waals surface area contributed by atoms with Gasteiger partial charge in [-0.3, -0.25) is 0 Å². The van der Waals surface area contributed by atoms with Gasteiger partial charge in [0.25, 0.3) is 0 Å². The van der Waals surface area contributed by atoms with E-state index in [1.54, 1.807) is 11.8 Å². The lowest BCUT2D eigenvalue weighted by Gasteiger charge is -2.16. The van der Waals surface area contributed by atoms with E-state index in [1.165, 1.54) is 0 Å². The fourth-order valence-corrected chi connectivity index (χ4v) is 0.907. The summed E-state index contributed by atoms with van der Waals surface area (Å²) in [5.41, 5.74) is 0. The summed E-state index contributed by atoms with van der Waals surface area (Å²) in [6, 6.07) is 0. The van der Waals surface area contributed by atoms with E-state index >= 15 is 0 Å². The van der Waals surface area contributed by atoms with Crippen molar-refractivity contribution >= 4 is 11.8 Å². The maximum Gasteiger partial charge on any atom is 0.415 e. The first-order chi connectivity index (χ1) is 5.88. The minimum absolute atomic E-state index is 0.250. The van der Waals surface area contributed by atoms with Crippen LogP contribution in [0.3, 0.4) is 0 Å². The van der Waals surface area contributed by atoms with Crippen molar-refractivity contribution in [3.05, 3.63) is 0 Å². The van der Waals surface area contributed by atoms with Crippen LogP contribution in [0, 0.1) is 0 Å². The summed E-state index contributed by atoms with van der Waals surface area (Å²) in [6.07, 6.45) is -4.90. The molecule has 2 unspecified atom stereocenters. The average molecular weight is 217 g/mol. The van der Waals surface area contributed by atoms with Crippen LogP contribution in [-0.2, 0) is 0 Å². The van der Waals surface area contributed by atoms with Crippen molar-refractivity contribution in [2.75, 3.05) is 19.3 Å². The van der Waals surface area contributed by atoms with Gasteiger partial charge in [0.05, 0.1) is 0 Å². The molecule has 0 aliphatic rings. The molecule has 0 heterocycles. The summed E-state index contributed by atoms with van der Waals surface area (Å²) < 4.78 is 35.3. The second-order valence-corrected chi connectivity index (χ2v) is 4.04. The third-order valence-electron chi connectivity index (χ3n) is 1.55. The lowest BCUT2D eigenvalue weighted by Crippen LogP contribution is -2.40. The van der Waals surface area contributed by atoms with Crippen molar-refractivity contribution < 1.29 is 18.3 Å². The number of thioether (sulfide) groups is 1. The number of halogens is 3. The second kappa shape index (κ2) is 5.72. The maximum absolute atomic E-state index is 11.8. The Kier molecular flexibility index (Phi) is 5.75. The molecule has 0 aromatic rings. The molecule has 0 amide bonds. The van der Waals surface area contributed by atoms with E-state index in [-0.39, 0.29) is 5.25 Å². The molecular formula is C7H14F3NOS. The van der Waals surface area contributed by atoms with Crippen molar-refractivity contribution in [1.82, 2.24) is 5.32 Å². The number of alkyl halides is 3. The van der Waals surface area contributed by atoms with Crippen LogP contribution < -0.4 is 5.32 Å². The Bertz CT molecular complexity index is 142. The quantitative estimate of drug-likeness (QED) is 0.727. The van der Waals surface area contributed by atoms with Crippen molar-refractivity contribution in [3.63, 3.8) is 0 Å². The number of aliphatic hydroxyl groups excluding tert-OH is 1. The first kappa shape index (κ1) is 13.1. The van der Waals surface area contributed by atoms with Crippen molar-refractivity contribution in [3.8, 4) is 0 Å². The highest BCUT2D eigenvalue weighted by Gasteiger charge is 2.37. The van der Waals surface area contributed by atoms with Gasteiger partial charge < -0.3 is 10.4 Å². The Hall–Kier alpha value is 0.0600. The van der Waals surface area contributed by atoms with Crippen LogP contribution in [0.15, 0.2) is 0 Å². The van der Waals surface area contributed by atoms with E-state index in [0.717, 1.165) is 0 Å². The summed E-state index contributed by atoms with van der Waals surface area (Å²) in [4.78, 5) is 0. The normalized spacial score (nSPS) is 17.1. The van der Waals surface area contributed by atoms with Crippen molar-refractivity contribution in [1.29, 1.82) is 0 Å². The molecular weight excluding hydrogens is 203 g/mol. The molecule has 2 nitrogen and oxygen atoms in total. The molecule has 0 aliphatic carbocycles. The molecule has 2 atom stereocenters. The molecule has 2 N–H and O–H groups in total. The lowest BCUT2D eigenvalue weighted by molar-refractivity contribution is -0.201. The Morgan fingerprint density at radius 1 is 1.38 bits per heavy atom. The zero-order valence-corrected chi connectivity index (χ0v) is 8.37. The van der Waals surface area contributed by atoms with Gasteiger partial charge in [0, 0.05) is 18.3 Å². The molecule has 0 saturated heterocycles. The molecule has 80 valence electrons. The molecule has 0 saturated carbocycles. The van der Waals surface area contributed by atoms with Gasteiger partial charge in [-0.05, 0) is 6.26 Å². The van der Waals surface area contributed by atoms with Gasteiger partial charge in [-0.1, -0.05) is 6.92 Å². The topological polar surface area (TPSA) is 32.3 Å². The fourth-order valence-electron chi connectivity index (χ4n) is 0.622. The van der Waals surface area contributed by atoms with E-state index < -0.39 is 18.8 Å². The van der Waals surface area contributed by atoms with Crippen LogP contribution in [0.2, 0.25) is 0 Å². The lowest BCUT2D eigenvalue weighted by atomic mass is 10.3. The van der Waals surface area contributed by atoms with E-state index in [2.05, 4.69) is 5.32 Å². The Labute approximate surface area is 79.9 Å². The van der Waals surface area contributed by atoms with Crippen LogP contribution in [0.1, 0.15) is 6.92 Å². The van der Waals surface area contributed by atoms with E-state index in [1.807, 2.05) is 13.2 Å². The van der Waals surface area contributed by atoms with Gasteiger partial charge in [-0.25, -0.2) is 0 Å². The van der Waals surface area contributed by atoms with E-state index in [4.69, 9.17) is 5.11 Å². The van der Waals surface area contributed by atoms with Crippen LogP contribution in [-0.4, -0.2) is 42.0 Å². The number of aliphatic hydroxyl groups is 1. The fraction of sp³-hybridized carbons (Fsp3) is 1.00. The summed E-state index contributed by atoms with van der Waals surface area (Å²) in [5, 5.41) is 11.4. The SMILES string of the molecule is CSC(C)CNCC(O)C(F)(F)F. The van der Waals surface area contributed by atoms with E-state index in [0.29, 0.717) is 6.54 Å². The molecule has 0 aliphatic heterocycles. The number of hydrogen-bond acceptors (Lipinski definition) is 3. The monoisotopic (exact) mass is 217 g/mol. The standard InChI is InChI=1S/C7H14F3NOS/c1-5(13-2)3-11-4-6(12)7(8,9)10/h5-6,11-12H,3-4H2,1-2H3. The van der Waals surface area contributed by atoms with Gasteiger partial charge in [0.1, 0.15) is 0 Å². The van der Waals surface area contributed by atoms with Crippen LogP contribution in [0.4, 0.5) is 13.2 Å². The highest BCUT2D eigenvalue weighted by Crippen LogP contribution is 2.19. The highest BCUT2D eigenvalue weighted by molar-refractivity contribution is 7.99. The van der Waals surface area contributed by atoms with E-state index in [9.17, 15) is 13.2 Å². The Morgan fingerprint density at radius 3 is 2.31 bits per heavy atom. The van der Waals surface area contributed by atoms with Gasteiger partial charge >= 0.3 is 6.18 Å². The van der Waals surface area contributed by atoms with Gasteiger partial charge in [-0.2, -0.15) is 24.9 Å². The van der Waals surface area contributed by atoms with Gasteiger partial charge in [0.15, 0.2) is 6.10 Å². The minimum Gasteiger partial charge on any atom is -0.382 e. The molecule has 6 heteroatoms. The summed E-state index contributed by atoms with van der Waals surface area (Å²) in [7, 11) is 0. The predicted octanol–water partition coefficient (Wildman–Crippen LogP) is 1.25. The maximum atomic E-state index is 11.8. The molecule has 0 bridgehead atoms. The molecule has 0 aromatic carbocycles. The number of hydrogen-bond donors (Lipinski definition) is 2. The summed E-state index contributed by atoms with van der Waals surface area (Å²) >= 11 is 1.56. The second-order valence-electron chi connectivity index (χ2n) is 2.76. The first-order valence-corrected chi connectivity index (χ1v) is 5.15. The molecule has 0 aromatic heterocycles. The van der Waals surface area contributed by atoms with Crippen LogP contribution in [0.5, 0.6) is 0 Å². The van der Waals surface area contributed by atoms with Gasteiger partial charge in [-0.15, -0.1) is 0 Å². The molecule has 0 fully saturated rings. The predicted molar refractivity (Wildman–Crippen MR) is 47.9 cm³/mol. The Balaban J connectivity index is 3.54. The summed E-state index contributed by atoms with van der Waals surface area (Å²) in [5.74, 6) is 0. The molecule has 0 spiro atoms. The molecule has 13 heavy (non-hydrogen) atoms. The average Bonchev–Trinajstić information content (AvgIpc) is 2.02. The molecule has 0 rings (SSSR count). The number of rotatable bonds is 5. The van der Waals surface area contributed by atoms with Gasteiger partial charge in [0.2, 0.25) is 0 Å². The van der Waals surface area contributed by atoms with Crippen molar-refractivity contribution in [2.24, 2.45) is 0 Å². The van der Waals surface area contributed by atoms with Crippen LogP contribution >= 0.6 is 11.8 Å². The Morgan fingerprint density at radius 2 is 1.92 bits per heavy atom. The smallest absolute Gasteiger partial charge is 0.382 e. The molecule has 0 radical (unpaired) electrons. The first-order valence-electron chi connectivity index (χ1n) is 3.86.